The number of amides is 1. The lowest BCUT2D eigenvalue weighted by Crippen LogP contribution is -2.55. The first kappa shape index (κ1) is 18.8. The van der Waals surface area contributed by atoms with E-state index in [1.807, 2.05) is 0 Å². The van der Waals surface area contributed by atoms with E-state index in [0.29, 0.717) is 24.1 Å². The Labute approximate surface area is 153 Å². The molecule has 2 heterocycles. The van der Waals surface area contributed by atoms with Crippen molar-refractivity contribution in [3.63, 3.8) is 0 Å². The Hall–Kier alpha value is -1.95. The van der Waals surface area contributed by atoms with Crippen molar-refractivity contribution >= 4 is 36.0 Å². The average molecular weight is 382 g/mol. The lowest BCUT2D eigenvalue weighted by molar-refractivity contribution is -0.140. The predicted octanol–water partition coefficient (Wildman–Crippen LogP) is -0.381. The molecule has 3 rings (SSSR count). The van der Waals surface area contributed by atoms with Gasteiger partial charge in [0.2, 0.25) is 0 Å². The van der Waals surface area contributed by atoms with Crippen LogP contribution in [0, 0.1) is 5.92 Å². The minimum Gasteiger partial charge on any atom is -0.481 e. The first-order valence-corrected chi connectivity index (χ1v) is 9.09. The topological polar surface area (TPSA) is 138 Å². The molecule has 0 bridgehead atoms. The van der Waals surface area contributed by atoms with Crippen molar-refractivity contribution in [2.45, 2.75) is 30.8 Å². The number of carbonyl (C=O) groups excluding carboxylic acids is 1. The van der Waals surface area contributed by atoms with Crippen molar-refractivity contribution in [2.75, 3.05) is 13.2 Å². The Balaban J connectivity index is 1.63. The van der Waals surface area contributed by atoms with Gasteiger partial charge in [0.25, 0.3) is 5.91 Å². The van der Waals surface area contributed by atoms with Crippen LogP contribution >= 0.6 is 11.3 Å². The SMILES string of the molecule is O=C(N[C@H]1CCC2(CC2C(=O)O)OB1O)/C(=N\OCCO)c1cccs1. The molecule has 0 aromatic carbocycles. The van der Waals surface area contributed by atoms with Crippen LogP contribution in [0.4, 0.5) is 0 Å². The van der Waals surface area contributed by atoms with E-state index < -0.39 is 36.5 Å². The van der Waals surface area contributed by atoms with Crippen LogP contribution in [-0.4, -0.2) is 64.7 Å². The summed E-state index contributed by atoms with van der Waals surface area (Å²) >= 11 is 1.30. The number of carboxylic acids is 1. The molecule has 0 radical (unpaired) electrons. The van der Waals surface area contributed by atoms with Crippen molar-refractivity contribution in [1.29, 1.82) is 0 Å². The van der Waals surface area contributed by atoms with Gasteiger partial charge in [-0.15, -0.1) is 11.3 Å². The lowest BCUT2D eigenvalue weighted by atomic mass is 9.71. The van der Waals surface area contributed by atoms with Gasteiger partial charge in [0.05, 0.1) is 28.9 Å². The molecule has 3 atom stereocenters. The quantitative estimate of drug-likeness (QED) is 0.218. The summed E-state index contributed by atoms with van der Waals surface area (Å²) in [5, 5.41) is 36.3. The molecule has 1 aromatic heterocycles. The second kappa shape index (κ2) is 7.74. The summed E-state index contributed by atoms with van der Waals surface area (Å²) in [6.45, 7) is -0.277. The molecule has 26 heavy (non-hydrogen) atoms. The molecule has 1 spiro atoms. The highest BCUT2D eigenvalue weighted by molar-refractivity contribution is 7.13. The molecule has 2 fully saturated rings. The second-order valence-electron chi connectivity index (χ2n) is 6.26. The zero-order chi connectivity index (χ0) is 18.7. The van der Waals surface area contributed by atoms with Gasteiger partial charge in [-0.05, 0) is 30.7 Å². The number of nitrogens with zero attached hydrogens (tertiary/aromatic N) is 1. The lowest BCUT2D eigenvalue weighted by Gasteiger charge is -2.32. The highest BCUT2D eigenvalue weighted by Crippen LogP contribution is 2.52. The number of oxime groups is 1. The third kappa shape index (κ3) is 3.90. The van der Waals surface area contributed by atoms with E-state index in [-0.39, 0.29) is 18.9 Å². The highest BCUT2D eigenvalue weighted by Gasteiger charge is 2.63. The fourth-order valence-corrected chi connectivity index (χ4v) is 3.77. The van der Waals surface area contributed by atoms with Gasteiger partial charge in [-0.2, -0.15) is 0 Å². The van der Waals surface area contributed by atoms with Crippen LogP contribution < -0.4 is 5.32 Å². The number of carbonyl (C=O) groups is 2. The van der Waals surface area contributed by atoms with Gasteiger partial charge in [-0.1, -0.05) is 11.2 Å². The molecular formula is C15H19BN2O7S. The van der Waals surface area contributed by atoms with E-state index in [9.17, 15) is 14.6 Å². The van der Waals surface area contributed by atoms with Gasteiger partial charge in [-0.3, -0.25) is 9.59 Å². The molecular weight excluding hydrogens is 363 g/mol. The number of rotatable bonds is 7. The number of aliphatic carboxylic acids is 1. The summed E-state index contributed by atoms with van der Waals surface area (Å²) in [4.78, 5) is 29.1. The number of thiophene rings is 1. The van der Waals surface area contributed by atoms with Crippen molar-refractivity contribution in [2.24, 2.45) is 11.1 Å². The molecule has 9 nitrogen and oxygen atoms in total. The Kier molecular flexibility index (Phi) is 5.61. The van der Waals surface area contributed by atoms with Gasteiger partial charge in [0.15, 0.2) is 5.71 Å². The van der Waals surface area contributed by atoms with Gasteiger partial charge >= 0.3 is 13.1 Å². The predicted molar refractivity (Wildman–Crippen MR) is 92.6 cm³/mol. The van der Waals surface area contributed by atoms with Crippen LogP contribution in [0.2, 0.25) is 0 Å². The number of hydrogen-bond donors (Lipinski definition) is 4. The Bertz CT molecular complexity index is 698. The smallest absolute Gasteiger partial charge is 0.478 e. The molecule has 1 aromatic rings. The summed E-state index contributed by atoms with van der Waals surface area (Å²) in [5.74, 6) is -2.76. The number of hydrogen-bond acceptors (Lipinski definition) is 8. The Morgan fingerprint density at radius 3 is 2.92 bits per heavy atom. The van der Waals surface area contributed by atoms with Crippen LogP contribution in [0.15, 0.2) is 22.7 Å². The van der Waals surface area contributed by atoms with Crippen LogP contribution in [0.1, 0.15) is 24.1 Å². The van der Waals surface area contributed by atoms with Gasteiger partial charge < -0.3 is 30.0 Å². The number of aliphatic hydroxyl groups excluding tert-OH is 1. The second-order valence-corrected chi connectivity index (χ2v) is 7.21. The molecule has 1 aliphatic heterocycles. The van der Waals surface area contributed by atoms with Crippen LogP contribution in [-0.2, 0) is 19.1 Å². The molecule has 2 aliphatic rings. The maximum atomic E-state index is 12.6. The van der Waals surface area contributed by atoms with E-state index in [1.54, 1.807) is 17.5 Å². The van der Waals surface area contributed by atoms with Crippen LogP contribution in [0.3, 0.4) is 0 Å². The monoisotopic (exact) mass is 382 g/mol. The third-order valence-electron chi connectivity index (χ3n) is 4.53. The number of carboxylic acid groups (broad SMARTS) is 1. The molecule has 140 valence electrons. The van der Waals surface area contributed by atoms with Gasteiger partial charge in [0, 0.05) is 0 Å². The summed E-state index contributed by atoms with van der Waals surface area (Å²) in [6, 6.07) is 3.46. The number of nitrogens with one attached hydrogen (secondary N) is 1. The maximum absolute atomic E-state index is 12.6. The standard InChI is InChI=1S/C15H19BN2O7S/c19-5-6-24-18-12(10-2-1-7-26-10)13(20)17-11-3-4-15(25-16(11)23)8-9(15)14(21)22/h1-2,7,9,11,19,23H,3-6,8H2,(H,17,20)(H,21,22)/b18-12-/t9?,11-,15?/m0/s1. The first-order valence-electron chi connectivity index (χ1n) is 8.21. The molecule has 1 aliphatic carbocycles. The van der Waals surface area contributed by atoms with Crippen molar-refractivity contribution in [3.8, 4) is 0 Å². The van der Waals surface area contributed by atoms with Gasteiger partial charge in [-0.25, -0.2) is 0 Å². The normalized spacial score (nSPS) is 28.1. The zero-order valence-corrected chi connectivity index (χ0v) is 14.6. The molecule has 2 unspecified atom stereocenters. The molecule has 1 amide bonds. The Morgan fingerprint density at radius 2 is 2.35 bits per heavy atom. The Morgan fingerprint density at radius 1 is 1.54 bits per heavy atom. The summed E-state index contributed by atoms with van der Waals surface area (Å²) in [5.41, 5.74) is -0.780. The van der Waals surface area contributed by atoms with Crippen molar-refractivity contribution in [1.82, 2.24) is 5.32 Å². The molecule has 1 saturated heterocycles. The van der Waals surface area contributed by atoms with E-state index >= 15 is 0 Å². The van der Waals surface area contributed by atoms with E-state index in [4.69, 9.17) is 19.7 Å². The summed E-state index contributed by atoms with van der Waals surface area (Å²) in [6.07, 6.45) is 1.21. The van der Waals surface area contributed by atoms with Gasteiger partial charge in [0.1, 0.15) is 6.61 Å². The van der Waals surface area contributed by atoms with E-state index in [1.165, 1.54) is 11.3 Å². The first-order chi connectivity index (χ1) is 12.5. The van der Waals surface area contributed by atoms with E-state index in [0.717, 1.165) is 0 Å². The largest absolute Gasteiger partial charge is 0.481 e. The molecule has 11 heteroatoms. The van der Waals surface area contributed by atoms with Crippen LogP contribution in [0.5, 0.6) is 0 Å². The fourth-order valence-electron chi connectivity index (χ4n) is 3.07. The summed E-state index contributed by atoms with van der Waals surface area (Å²) in [7, 11) is -1.29. The number of aliphatic hydroxyl groups is 1. The molecule has 4 N–H and O–H groups in total. The minimum atomic E-state index is -1.29. The summed E-state index contributed by atoms with van der Waals surface area (Å²) < 4.78 is 5.50. The minimum absolute atomic E-state index is 0.0378. The van der Waals surface area contributed by atoms with Crippen molar-refractivity contribution < 1.29 is 34.3 Å². The van der Waals surface area contributed by atoms with Crippen LogP contribution in [0.25, 0.3) is 0 Å². The maximum Gasteiger partial charge on any atom is 0.478 e. The average Bonchev–Trinajstić information content (AvgIpc) is 3.03. The fraction of sp³-hybridized carbons (Fsp3) is 0.533. The highest BCUT2D eigenvalue weighted by atomic mass is 32.1. The van der Waals surface area contributed by atoms with E-state index in [2.05, 4.69) is 10.5 Å². The van der Waals surface area contributed by atoms with Crippen molar-refractivity contribution in [3.05, 3.63) is 22.4 Å². The third-order valence-corrected chi connectivity index (χ3v) is 5.40. The molecule has 1 saturated carbocycles. The zero-order valence-electron chi connectivity index (χ0n) is 13.8.